The molecule has 1 spiro atoms. The molecule has 2 aliphatic rings. The Morgan fingerprint density at radius 2 is 1.92 bits per heavy atom. The third-order valence-corrected chi connectivity index (χ3v) is 3.38. The standard InChI is InChI=1S/C9H17NO.ClH/c11-8-3-6-10-7-9(8)4-1-2-5-9;/h8,10-11H,1-7H2;1H. The summed E-state index contributed by atoms with van der Waals surface area (Å²) in [7, 11) is 0. The summed E-state index contributed by atoms with van der Waals surface area (Å²) in [5.74, 6) is 0. The molecule has 72 valence electrons. The minimum atomic E-state index is -0.0220. The van der Waals surface area contributed by atoms with Crippen molar-refractivity contribution in [3.8, 4) is 0 Å². The Hall–Kier alpha value is 0.210. The first-order chi connectivity index (χ1) is 5.33. The highest BCUT2D eigenvalue weighted by Gasteiger charge is 2.41. The monoisotopic (exact) mass is 191 g/mol. The van der Waals surface area contributed by atoms with Gasteiger partial charge in [0.2, 0.25) is 0 Å². The fourth-order valence-corrected chi connectivity index (χ4v) is 2.59. The number of aliphatic hydroxyl groups excluding tert-OH is 1. The van der Waals surface area contributed by atoms with Crippen LogP contribution >= 0.6 is 12.4 Å². The van der Waals surface area contributed by atoms with Gasteiger partial charge in [-0.2, -0.15) is 0 Å². The minimum absolute atomic E-state index is 0. The average molecular weight is 192 g/mol. The van der Waals surface area contributed by atoms with Crippen molar-refractivity contribution in [1.82, 2.24) is 5.32 Å². The fraction of sp³-hybridized carbons (Fsp3) is 1.00. The topological polar surface area (TPSA) is 32.3 Å². The number of nitrogens with one attached hydrogen (secondary N) is 1. The summed E-state index contributed by atoms with van der Waals surface area (Å²) in [5, 5.41) is 13.2. The summed E-state index contributed by atoms with van der Waals surface area (Å²) in [5.41, 5.74) is 0.276. The van der Waals surface area contributed by atoms with Crippen molar-refractivity contribution in [2.24, 2.45) is 5.41 Å². The van der Waals surface area contributed by atoms with Gasteiger partial charge in [0.25, 0.3) is 0 Å². The highest BCUT2D eigenvalue weighted by molar-refractivity contribution is 5.85. The Labute approximate surface area is 80.1 Å². The molecule has 0 radical (unpaired) electrons. The summed E-state index contributed by atoms with van der Waals surface area (Å²) < 4.78 is 0. The fourth-order valence-electron chi connectivity index (χ4n) is 2.59. The van der Waals surface area contributed by atoms with Gasteiger partial charge in [-0.1, -0.05) is 12.8 Å². The minimum Gasteiger partial charge on any atom is -0.392 e. The van der Waals surface area contributed by atoms with E-state index in [1.807, 2.05) is 0 Å². The van der Waals surface area contributed by atoms with E-state index >= 15 is 0 Å². The highest BCUT2D eigenvalue weighted by atomic mass is 35.5. The predicted octanol–water partition coefficient (Wildman–Crippen LogP) is 1.32. The molecule has 3 heteroatoms. The van der Waals surface area contributed by atoms with Crippen LogP contribution in [0.4, 0.5) is 0 Å². The van der Waals surface area contributed by atoms with Crippen molar-refractivity contribution in [3.05, 3.63) is 0 Å². The van der Waals surface area contributed by atoms with Crippen molar-refractivity contribution >= 4 is 12.4 Å². The molecule has 1 aliphatic carbocycles. The predicted molar refractivity (Wildman–Crippen MR) is 51.6 cm³/mol. The molecule has 1 aliphatic heterocycles. The molecular weight excluding hydrogens is 174 g/mol. The zero-order chi connectivity index (χ0) is 7.73. The van der Waals surface area contributed by atoms with Crippen molar-refractivity contribution in [3.63, 3.8) is 0 Å². The summed E-state index contributed by atoms with van der Waals surface area (Å²) in [6, 6.07) is 0. The lowest BCUT2D eigenvalue weighted by Gasteiger charge is -2.38. The maximum Gasteiger partial charge on any atom is 0.0620 e. The van der Waals surface area contributed by atoms with Crippen LogP contribution in [0.15, 0.2) is 0 Å². The lowest BCUT2D eigenvalue weighted by atomic mass is 9.77. The Morgan fingerprint density at radius 1 is 1.25 bits per heavy atom. The van der Waals surface area contributed by atoms with E-state index < -0.39 is 0 Å². The number of hydrogen-bond donors (Lipinski definition) is 2. The first kappa shape index (κ1) is 10.3. The number of rotatable bonds is 0. The Balaban J connectivity index is 0.000000720. The summed E-state index contributed by atoms with van der Waals surface area (Å²) >= 11 is 0. The van der Waals surface area contributed by atoms with Crippen LogP contribution in [0.1, 0.15) is 32.1 Å². The Kier molecular flexibility index (Phi) is 3.38. The second-order valence-corrected chi connectivity index (χ2v) is 4.05. The van der Waals surface area contributed by atoms with Gasteiger partial charge in [-0.25, -0.2) is 0 Å². The van der Waals surface area contributed by atoms with Gasteiger partial charge in [0, 0.05) is 12.0 Å². The van der Waals surface area contributed by atoms with Crippen LogP contribution in [0.25, 0.3) is 0 Å². The van der Waals surface area contributed by atoms with Gasteiger partial charge in [-0.15, -0.1) is 12.4 Å². The smallest absolute Gasteiger partial charge is 0.0620 e. The van der Waals surface area contributed by atoms with E-state index in [-0.39, 0.29) is 23.9 Å². The first-order valence-electron chi connectivity index (χ1n) is 4.72. The van der Waals surface area contributed by atoms with Crippen LogP contribution in [0, 0.1) is 5.41 Å². The van der Waals surface area contributed by atoms with Crippen LogP contribution in [-0.2, 0) is 0 Å². The van der Waals surface area contributed by atoms with E-state index in [0.717, 1.165) is 19.5 Å². The molecule has 2 nitrogen and oxygen atoms in total. The molecule has 0 bridgehead atoms. The number of aliphatic hydroxyl groups is 1. The van der Waals surface area contributed by atoms with Crippen molar-refractivity contribution in [2.75, 3.05) is 13.1 Å². The molecule has 1 unspecified atom stereocenters. The van der Waals surface area contributed by atoms with E-state index in [0.29, 0.717) is 0 Å². The largest absolute Gasteiger partial charge is 0.392 e. The second-order valence-electron chi connectivity index (χ2n) is 4.05. The van der Waals surface area contributed by atoms with Gasteiger partial charge in [0.15, 0.2) is 0 Å². The summed E-state index contributed by atoms with van der Waals surface area (Å²) in [4.78, 5) is 0. The lowest BCUT2D eigenvalue weighted by Crippen LogP contribution is -2.48. The molecule has 2 rings (SSSR count). The zero-order valence-electron chi connectivity index (χ0n) is 7.38. The molecule has 2 fully saturated rings. The van der Waals surface area contributed by atoms with E-state index in [1.165, 1.54) is 25.7 Å². The van der Waals surface area contributed by atoms with Gasteiger partial charge < -0.3 is 10.4 Å². The SMILES string of the molecule is Cl.OC1CCNCC12CCCC2. The average Bonchev–Trinajstić information content (AvgIpc) is 2.46. The molecule has 0 aromatic heterocycles. The molecule has 0 aromatic rings. The number of halogens is 1. The van der Waals surface area contributed by atoms with Crippen molar-refractivity contribution in [1.29, 1.82) is 0 Å². The van der Waals surface area contributed by atoms with Gasteiger partial charge in [-0.3, -0.25) is 0 Å². The quantitative estimate of drug-likeness (QED) is 0.606. The third kappa shape index (κ3) is 1.61. The molecule has 1 saturated carbocycles. The molecule has 1 heterocycles. The Morgan fingerprint density at radius 3 is 2.50 bits per heavy atom. The van der Waals surface area contributed by atoms with Crippen molar-refractivity contribution < 1.29 is 5.11 Å². The van der Waals surface area contributed by atoms with Crippen LogP contribution in [-0.4, -0.2) is 24.3 Å². The van der Waals surface area contributed by atoms with Gasteiger partial charge in [-0.05, 0) is 25.8 Å². The normalized spacial score (nSPS) is 33.2. The van der Waals surface area contributed by atoms with E-state index in [9.17, 15) is 5.11 Å². The van der Waals surface area contributed by atoms with Crippen LogP contribution in [0.3, 0.4) is 0 Å². The van der Waals surface area contributed by atoms with Gasteiger partial charge in [0.05, 0.1) is 6.10 Å². The van der Waals surface area contributed by atoms with Gasteiger partial charge >= 0.3 is 0 Å². The molecule has 1 atom stereocenters. The summed E-state index contributed by atoms with van der Waals surface area (Å²) in [6.07, 6.45) is 6.05. The maximum absolute atomic E-state index is 9.82. The third-order valence-electron chi connectivity index (χ3n) is 3.38. The van der Waals surface area contributed by atoms with E-state index in [4.69, 9.17) is 0 Å². The summed E-state index contributed by atoms with van der Waals surface area (Å²) in [6.45, 7) is 2.05. The number of piperidine rings is 1. The molecule has 1 saturated heterocycles. The Bertz CT molecular complexity index is 145. The lowest BCUT2D eigenvalue weighted by molar-refractivity contribution is 0.00364. The van der Waals surface area contributed by atoms with E-state index in [1.54, 1.807) is 0 Å². The zero-order valence-corrected chi connectivity index (χ0v) is 8.20. The molecule has 12 heavy (non-hydrogen) atoms. The van der Waals surface area contributed by atoms with Crippen LogP contribution in [0.5, 0.6) is 0 Å². The molecule has 2 N–H and O–H groups in total. The van der Waals surface area contributed by atoms with Crippen molar-refractivity contribution in [2.45, 2.75) is 38.2 Å². The molecule has 0 amide bonds. The number of hydrogen-bond acceptors (Lipinski definition) is 2. The maximum atomic E-state index is 9.82. The van der Waals surface area contributed by atoms with E-state index in [2.05, 4.69) is 5.32 Å². The van der Waals surface area contributed by atoms with Gasteiger partial charge in [0.1, 0.15) is 0 Å². The van der Waals surface area contributed by atoms with Crippen LogP contribution < -0.4 is 5.32 Å². The first-order valence-corrected chi connectivity index (χ1v) is 4.72. The molecule has 0 aromatic carbocycles. The van der Waals surface area contributed by atoms with Crippen LogP contribution in [0.2, 0.25) is 0 Å². The molecular formula is C9H18ClNO. The second kappa shape index (κ2) is 3.95. The highest BCUT2D eigenvalue weighted by Crippen LogP contribution is 2.42.